The molecule has 2 aliphatic rings. The largest absolute Gasteiger partial charge is 0.456 e. The number of esters is 1. The molecule has 0 radical (unpaired) electrons. The summed E-state index contributed by atoms with van der Waals surface area (Å²) >= 11 is 0. The van der Waals surface area contributed by atoms with Crippen LogP contribution in [0, 0.1) is 5.92 Å². The highest BCUT2D eigenvalue weighted by atomic mass is 16.6. The molecule has 1 aliphatic heterocycles. The fraction of sp³-hybridized carbons (Fsp3) is 0.500. The molecule has 12 heavy (non-hydrogen) atoms. The number of ether oxygens (including phenoxy) is 1. The Morgan fingerprint density at radius 3 is 3.00 bits per heavy atom. The Labute approximate surface area is 71.9 Å². The van der Waals surface area contributed by atoms with Crippen LogP contribution >= 0.6 is 0 Å². The fourth-order valence-electron chi connectivity index (χ4n) is 1.87. The maximum Gasteiger partial charge on any atom is 0.335 e. The average Bonchev–Trinajstić information content (AvgIpc) is 2.25. The molecule has 2 nitrogen and oxygen atoms in total. The van der Waals surface area contributed by atoms with Crippen molar-refractivity contribution in [3.05, 3.63) is 23.8 Å². The average molecular weight is 164 g/mol. The lowest BCUT2D eigenvalue weighted by Crippen LogP contribution is -2.27. The smallest absolute Gasteiger partial charge is 0.335 e. The monoisotopic (exact) mass is 164 g/mol. The predicted molar refractivity (Wildman–Crippen MR) is 45.5 cm³/mol. The van der Waals surface area contributed by atoms with Gasteiger partial charge in [0.2, 0.25) is 0 Å². The summed E-state index contributed by atoms with van der Waals surface area (Å²) in [7, 11) is 0. The molecule has 64 valence electrons. The van der Waals surface area contributed by atoms with Gasteiger partial charge in [0.05, 0.1) is 0 Å². The van der Waals surface area contributed by atoms with E-state index in [0.717, 1.165) is 12.0 Å². The molecule has 1 heterocycles. The van der Waals surface area contributed by atoms with Crippen molar-refractivity contribution < 1.29 is 9.53 Å². The van der Waals surface area contributed by atoms with Gasteiger partial charge in [0, 0.05) is 11.5 Å². The number of fused-ring (bicyclic) bond motifs is 1. The van der Waals surface area contributed by atoms with Gasteiger partial charge < -0.3 is 4.74 Å². The topological polar surface area (TPSA) is 26.3 Å². The van der Waals surface area contributed by atoms with Crippen LogP contribution < -0.4 is 0 Å². The van der Waals surface area contributed by atoms with Crippen molar-refractivity contribution in [1.29, 1.82) is 0 Å². The summed E-state index contributed by atoms with van der Waals surface area (Å²) in [6.07, 6.45) is 6.79. The highest BCUT2D eigenvalue weighted by Gasteiger charge is 2.45. The molecular formula is C10H12O2. The standard InChI is InChI=1S/C10H12O2/c1-10(2)8-6-4-3-5-7(8)9(11)12-10/h3-5,8H,6H2,1-2H3. The first-order valence-corrected chi connectivity index (χ1v) is 4.21. The summed E-state index contributed by atoms with van der Waals surface area (Å²) in [5, 5.41) is 0. The Balaban J connectivity index is 2.41. The van der Waals surface area contributed by atoms with Gasteiger partial charge in [-0.2, -0.15) is 0 Å². The van der Waals surface area contributed by atoms with E-state index in [9.17, 15) is 4.79 Å². The summed E-state index contributed by atoms with van der Waals surface area (Å²) in [5.41, 5.74) is 0.524. The van der Waals surface area contributed by atoms with Crippen molar-refractivity contribution in [3.8, 4) is 0 Å². The van der Waals surface area contributed by atoms with Gasteiger partial charge in [-0.15, -0.1) is 0 Å². The Kier molecular flexibility index (Phi) is 1.40. The van der Waals surface area contributed by atoms with Crippen LogP contribution in [0.2, 0.25) is 0 Å². The number of allylic oxidation sites excluding steroid dienone is 3. The van der Waals surface area contributed by atoms with E-state index < -0.39 is 0 Å². The number of hydrogen-bond donors (Lipinski definition) is 0. The fourth-order valence-corrected chi connectivity index (χ4v) is 1.87. The minimum absolute atomic E-state index is 0.144. The van der Waals surface area contributed by atoms with Crippen molar-refractivity contribution in [3.63, 3.8) is 0 Å². The van der Waals surface area contributed by atoms with Gasteiger partial charge in [-0.25, -0.2) is 4.79 Å². The Morgan fingerprint density at radius 1 is 1.58 bits per heavy atom. The van der Waals surface area contributed by atoms with E-state index in [1.54, 1.807) is 0 Å². The Hall–Kier alpha value is -1.05. The highest BCUT2D eigenvalue weighted by molar-refractivity contribution is 5.92. The number of cyclic esters (lactones) is 1. The molecular weight excluding hydrogens is 152 g/mol. The summed E-state index contributed by atoms with van der Waals surface area (Å²) in [6, 6.07) is 0. The molecule has 1 fully saturated rings. The number of carbonyl (C=O) groups is 1. The Bertz CT molecular complexity index is 284. The van der Waals surface area contributed by atoms with Crippen LogP contribution in [0.15, 0.2) is 23.8 Å². The van der Waals surface area contributed by atoms with E-state index in [-0.39, 0.29) is 17.5 Å². The minimum Gasteiger partial charge on any atom is -0.456 e. The second-order valence-electron chi connectivity index (χ2n) is 3.83. The zero-order valence-electron chi connectivity index (χ0n) is 7.33. The van der Waals surface area contributed by atoms with Gasteiger partial charge in [-0.1, -0.05) is 18.2 Å². The molecule has 0 saturated carbocycles. The first kappa shape index (κ1) is 7.59. The van der Waals surface area contributed by atoms with E-state index in [1.165, 1.54) is 0 Å². The van der Waals surface area contributed by atoms with E-state index in [0.29, 0.717) is 0 Å². The lowest BCUT2D eigenvalue weighted by atomic mass is 9.82. The molecule has 0 aromatic rings. The number of rotatable bonds is 0. The molecule has 1 unspecified atom stereocenters. The van der Waals surface area contributed by atoms with E-state index in [1.807, 2.05) is 26.0 Å². The molecule has 0 N–H and O–H groups in total. The number of carbonyl (C=O) groups excluding carboxylic acids is 1. The van der Waals surface area contributed by atoms with Crippen LogP contribution in [0.5, 0.6) is 0 Å². The van der Waals surface area contributed by atoms with E-state index in [4.69, 9.17) is 4.74 Å². The molecule has 0 aromatic carbocycles. The molecule has 1 aliphatic carbocycles. The van der Waals surface area contributed by atoms with Crippen molar-refractivity contribution in [1.82, 2.24) is 0 Å². The first-order valence-electron chi connectivity index (χ1n) is 4.21. The third kappa shape index (κ3) is 0.909. The third-order valence-corrected chi connectivity index (χ3v) is 2.59. The zero-order chi connectivity index (χ0) is 8.77. The van der Waals surface area contributed by atoms with Gasteiger partial charge in [0.1, 0.15) is 5.60 Å². The molecule has 2 rings (SSSR count). The van der Waals surface area contributed by atoms with Crippen molar-refractivity contribution >= 4 is 5.97 Å². The van der Waals surface area contributed by atoms with Gasteiger partial charge in [-0.05, 0) is 20.3 Å². The third-order valence-electron chi connectivity index (χ3n) is 2.59. The minimum atomic E-state index is -0.312. The molecule has 0 aromatic heterocycles. The summed E-state index contributed by atoms with van der Waals surface area (Å²) in [5.74, 6) is 0.115. The molecule has 0 bridgehead atoms. The summed E-state index contributed by atoms with van der Waals surface area (Å²) < 4.78 is 5.25. The van der Waals surface area contributed by atoms with Crippen LogP contribution in [0.25, 0.3) is 0 Å². The zero-order valence-corrected chi connectivity index (χ0v) is 7.33. The van der Waals surface area contributed by atoms with Gasteiger partial charge in [-0.3, -0.25) is 0 Å². The maximum atomic E-state index is 11.3. The molecule has 2 heteroatoms. The van der Waals surface area contributed by atoms with Crippen LogP contribution in [0.3, 0.4) is 0 Å². The lowest BCUT2D eigenvalue weighted by molar-refractivity contribution is -0.144. The molecule has 0 amide bonds. The van der Waals surface area contributed by atoms with E-state index in [2.05, 4.69) is 6.08 Å². The van der Waals surface area contributed by atoms with Crippen molar-refractivity contribution in [2.24, 2.45) is 5.92 Å². The van der Waals surface area contributed by atoms with Crippen LogP contribution in [0.4, 0.5) is 0 Å². The Morgan fingerprint density at radius 2 is 2.33 bits per heavy atom. The second-order valence-corrected chi connectivity index (χ2v) is 3.83. The predicted octanol–water partition coefficient (Wildman–Crippen LogP) is 1.82. The van der Waals surface area contributed by atoms with Crippen LogP contribution in [-0.2, 0) is 9.53 Å². The molecule has 1 saturated heterocycles. The SMILES string of the molecule is CC1(C)OC(=O)C2=CC=CCC21. The van der Waals surface area contributed by atoms with Crippen molar-refractivity contribution in [2.45, 2.75) is 25.9 Å². The van der Waals surface area contributed by atoms with Gasteiger partial charge >= 0.3 is 5.97 Å². The van der Waals surface area contributed by atoms with E-state index >= 15 is 0 Å². The maximum absolute atomic E-state index is 11.3. The summed E-state index contributed by atoms with van der Waals surface area (Å²) in [4.78, 5) is 11.3. The molecule has 1 atom stereocenters. The summed E-state index contributed by atoms with van der Waals surface area (Å²) in [6.45, 7) is 3.94. The van der Waals surface area contributed by atoms with Gasteiger partial charge in [0.25, 0.3) is 0 Å². The number of hydrogen-bond acceptors (Lipinski definition) is 2. The van der Waals surface area contributed by atoms with Crippen LogP contribution in [0.1, 0.15) is 20.3 Å². The van der Waals surface area contributed by atoms with Crippen molar-refractivity contribution in [2.75, 3.05) is 0 Å². The first-order chi connectivity index (χ1) is 5.61. The lowest BCUT2D eigenvalue weighted by Gasteiger charge is -2.24. The molecule has 0 spiro atoms. The second kappa shape index (κ2) is 2.22. The van der Waals surface area contributed by atoms with Gasteiger partial charge in [0.15, 0.2) is 0 Å². The van der Waals surface area contributed by atoms with Crippen LogP contribution in [-0.4, -0.2) is 11.6 Å². The highest BCUT2D eigenvalue weighted by Crippen LogP contribution is 2.40. The quantitative estimate of drug-likeness (QED) is 0.510. The normalized spacial score (nSPS) is 31.0.